The third kappa shape index (κ3) is 3.99. The summed E-state index contributed by atoms with van der Waals surface area (Å²) >= 11 is 12.1. The molecule has 3 heterocycles. The molecule has 0 spiro atoms. The number of fused-ring (bicyclic) bond motifs is 1. The summed E-state index contributed by atoms with van der Waals surface area (Å²) in [6.45, 7) is 3.55. The molecule has 2 aliphatic heterocycles. The molecule has 0 saturated carbocycles. The van der Waals surface area contributed by atoms with E-state index >= 15 is 0 Å². The maximum atomic E-state index is 13.1. The van der Waals surface area contributed by atoms with Gasteiger partial charge in [0, 0.05) is 45.1 Å². The minimum absolute atomic E-state index is 0.0485. The largest absolute Gasteiger partial charge is 0.392 e. The van der Waals surface area contributed by atoms with Gasteiger partial charge in [-0.1, -0.05) is 29.3 Å². The zero-order valence-electron chi connectivity index (χ0n) is 14.9. The molecule has 2 aliphatic rings. The Morgan fingerprint density at radius 3 is 2.81 bits per heavy atom. The number of rotatable bonds is 4. The summed E-state index contributed by atoms with van der Waals surface area (Å²) in [7, 11) is 0. The average Bonchev–Trinajstić information content (AvgIpc) is 3.27. The van der Waals surface area contributed by atoms with Gasteiger partial charge < -0.3 is 14.6 Å². The van der Waals surface area contributed by atoms with Crippen molar-refractivity contribution in [2.45, 2.75) is 31.5 Å². The van der Waals surface area contributed by atoms with Gasteiger partial charge in [-0.15, -0.1) is 0 Å². The van der Waals surface area contributed by atoms with E-state index in [4.69, 9.17) is 23.2 Å². The zero-order chi connectivity index (χ0) is 19.0. The Labute approximate surface area is 168 Å². The molecule has 8 heteroatoms. The summed E-state index contributed by atoms with van der Waals surface area (Å²) in [5.41, 5.74) is 0.846. The molecule has 1 saturated heterocycles. The summed E-state index contributed by atoms with van der Waals surface area (Å²) in [4.78, 5) is 21.7. The Morgan fingerprint density at radius 2 is 2.07 bits per heavy atom. The van der Waals surface area contributed by atoms with Crippen LogP contribution < -0.4 is 0 Å². The predicted molar refractivity (Wildman–Crippen MR) is 104 cm³/mol. The van der Waals surface area contributed by atoms with Gasteiger partial charge in [0.2, 0.25) is 5.91 Å². The summed E-state index contributed by atoms with van der Waals surface area (Å²) in [6.07, 6.45) is 4.51. The third-order valence-corrected chi connectivity index (χ3v) is 6.08. The molecule has 2 atom stereocenters. The van der Waals surface area contributed by atoms with Gasteiger partial charge >= 0.3 is 0 Å². The lowest BCUT2D eigenvalue weighted by molar-refractivity contribution is -0.134. The second kappa shape index (κ2) is 7.80. The highest BCUT2D eigenvalue weighted by Crippen LogP contribution is 2.28. The highest BCUT2D eigenvalue weighted by atomic mass is 35.5. The first-order chi connectivity index (χ1) is 13.0. The predicted octanol–water partition coefficient (Wildman–Crippen LogP) is 2.38. The van der Waals surface area contributed by atoms with E-state index in [1.54, 1.807) is 18.3 Å². The van der Waals surface area contributed by atoms with Crippen LogP contribution in [-0.2, 0) is 17.8 Å². The first-order valence-electron chi connectivity index (χ1n) is 9.16. The summed E-state index contributed by atoms with van der Waals surface area (Å²) in [6, 6.07) is 5.19. The number of hydrogen-bond donors (Lipinski definition) is 1. The molecule has 1 aromatic heterocycles. The number of β-amino-alcohol motifs (C(OH)–C–C–N with tert-alkyl or cyclic N) is 1. The number of imidazole rings is 1. The number of carbonyl (C=O) groups excluding carboxylic acids is 1. The van der Waals surface area contributed by atoms with Gasteiger partial charge in [0.1, 0.15) is 11.9 Å². The maximum Gasteiger partial charge on any atom is 0.227 e. The van der Waals surface area contributed by atoms with Crippen molar-refractivity contribution >= 4 is 29.1 Å². The molecule has 4 rings (SSSR count). The number of hydrogen-bond acceptors (Lipinski definition) is 4. The highest BCUT2D eigenvalue weighted by molar-refractivity contribution is 6.42. The maximum absolute atomic E-state index is 13.1. The van der Waals surface area contributed by atoms with Crippen molar-refractivity contribution in [3.8, 4) is 0 Å². The number of aliphatic hydroxyl groups excluding tert-OH is 1. The molecule has 0 unspecified atom stereocenters. The molecular weight excluding hydrogens is 387 g/mol. The van der Waals surface area contributed by atoms with Crippen molar-refractivity contribution in [3.05, 3.63) is 52.0 Å². The minimum atomic E-state index is -0.284. The van der Waals surface area contributed by atoms with E-state index in [1.165, 1.54) is 0 Å². The van der Waals surface area contributed by atoms with Gasteiger partial charge in [-0.2, -0.15) is 0 Å². The van der Waals surface area contributed by atoms with E-state index in [1.807, 2.05) is 17.2 Å². The molecule has 0 aliphatic carbocycles. The van der Waals surface area contributed by atoms with Crippen LogP contribution in [0.2, 0.25) is 10.0 Å². The fourth-order valence-electron chi connectivity index (χ4n) is 3.95. The molecule has 1 amide bonds. The fraction of sp³-hybridized carbons (Fsp3) is 0.474. The number of benzene rings is 1. The van der Waals surface area contributed by atoms with Crippen LogP contribution in [0.5, 0.6) is 0 Å². The number of carbonyl (C=O) groups is 1. The molecule has 27 heavy (non-hydrogen) atoms. The second-order valence-electron chi connectivity index (χ2n) is 7.21. The molecule has 1 aromatic carbocycles. The van der Waals surface area contributed by atoms with Crippen LogP contribution in [0, 0.1) is 0 Å². The van der Waals surface area contributed by atoms with Crippen LogP contribution >= 0.6 is 23.2 Å². The third-order valence-electron chi connectivity index (χ3n) is 5.34. The Kier molecular flexibility index (Phi) is 5.41. The Morgan fingerprint density at radius 1 is 1.22 bits per heavy atom. The van der Waals surface area contributed by atoms with Crippen molar-refractivity contribution in [1.82, 2.24) is 19.4 Å². The highest BCUT2D eigenvalue weighted by Gasteiger charge is 2.34. The molecule has 6 nitrogen and oxygen atoms in total. The van der Waals surface area contributed by atoms with Gasteiger partial charge in [-0.3, -0.25) is 9.69 Å². The smallest absolute Gasteiger partial charge is 0.227 e. The summed E-state index contributed by atoms with van der Waals surface area (Å²) in [5.74, 6) is 0.956. The standard InChI is InChI=1S/C19H22Cl2N4O2/c20-15-2-1-13(9-16(15)21)10-18(27)25-8-7-24-6-4-22-19(24)17(25)12-23-5-3-14(26)11-23/h1-2,4,6,9,14,17,26H,3,5,7-8,10-12H2/t14-,17+/m1/s1. The van der Waals surface area contributed by atoms with Crippen LogP contribution in [0.3, 0.4) is 0 Å². The number of likely N-dealkylation sites (tertiary alicyclic amines) is 1. The van der Waals surface area contributed by atoms with Gasteiger partial charge in [0.15, 0.2) is 0 Å². The van der Waals surface area contributed by atoms with Crippen molar-refractivity contribution < 1.29 is 9.90 Å². The van der Waals surface area contributed by atoms with Gasteiger partial charge in [0.25, 0.3) is 0 Å². The van der Waals surface area contributed by atoms with Gasteiger partial charge in [0.05, 0.1) is 22.6 Å². The zero-order valence-corrected chi connectivity index (χ0v) is 16.4. The molecule has 144 valence electrons. The number of amides is 1. The lowest BCUT2D eigenvalue weighted by atomic mass is 10.1. The van der Waals surface area contributed by atoms with Crippen LogP contribution in [-0.4, -0.2) is 62.6 Å². The molecule has 0 bridgehead atoms. The van der Waals surface area contributed by atoms with Crippen molar-refractivity contribution in [3.63, 3.8) is 0 Å². The molecular formula is C19H22Cl2N4O2. The number of aliphatic hydroxyl groups is 1. The number of nitrogens with zero attached hydrogens (tertiary/aromatic N) is 4. The molecule has 2 aromatic rings. The number of aromatic nitrogens is 2. The van der Waals surface area contributed by atoms with Crippen molar-refractivity contribution in [2.75, 3.05) is 26.2 Å². The van der Waals surface area contributed by atoms with Gasteiger partial charge in [-0.05, 0) is 24.1 Å². The van der Waals surface area contributed by atoms with Crippen LogP contribution in [0.25, 0.3) is 0 Å². The summed E-state index contributed by atoms with van der Waals surface area (Å²) in [5, 5.41) is 10.8. The summed E-state index contributed by atoms with van der Waals surface area (Å²) < 4.78 is 2.11. The average molecular weight is 409 g/mol. The van der Waals surface area contributed by atoms with Crippen molar-refractivity contribution in [1.29, 1.82) is 0 Å². The minimum Gasteiger partial charge on any atom is -0.392 e. The van der Waals surface area contributed by atoms with E-state index in [0.29, 0.717) is 29.7 Å². The Bertz CT molecular complexity index is 841. The first-order valence-corrected chi connectivity index (χ1v) is 9.91. The topological polar surface area (TPSA) is 61.6 Å². The van der Waals surface area contributed by atoms with E-state index < -0.39 is 0 Å². The van der Waals surface area contributed by atoms with E-state index in [9.17, 15) is 9.90 Å². The normalized spacial score (nSPS) is 22.9. The molecule has 1 fully saturated rings. The molecule has 0 radical (unpaired) electrons. The van der Waals surface area contributed by atoms with E-state index in [0.717, 1.165) is 30.9 Å². The van der Waals surface area contributed by atoms with Crippen LogP contribution in [0.15, 0.2) is 30.6 Å². The lowest BCUT2D eigenvalue weighted by Crippen LogP contribution is -2.47. The Hall–Kier alpha value is -1.60. The Balaban J connectivity index is 1.53. The monoisotopic (exact) mass is 408 g/mol. The second-order valence-corrected chi connectivity index (χ2v) is 8.02. The SMILES string of the molecule is O=C(Cc1ccc(Cl)c(Cl)c1)N1CCn2ccnc2[C@@H]1CN1CC[C@@H](O)C1. The molecule has 1 N–H and O–H groups in total. The van der Waals surface area contributed by atoms with E-state index in [-0.39, 0.29) is 24.5 Å². The van der Waals surface area contributed by atoms with Gasteiger partial charge in [-0.25, -0.2) is 4.98 Å². The van der Waals surface area contributed by atoms with Crippen LogP contribution in [0.4, 0.5) is 0 Å². The van der Waals surface area contributed by atoms with Crippen LogP contribution in [0.1, 0.15) is 23.9 Å². The lowest BCUT2D eigenvalue weighted by Gasteiger charge is -2.38. The quantitative estimate of drug-likeness (QED) is 0.843. The number of halogens is 2. The fourth-order valence-corrected chi connectivity index (χ4v) is 4.27. The van der Waals surface area contributed by atoms with Crippen molar-refractivity contribution in [2.24, 2.45) is 0 Å². The van der Waals surface area contributed by atoms with E-state index in [2.05, 4.69) is 14.5 Å². The first kappa shape index (κ1) is 18.7.